The molecule has 2 fully saturated rings. The second kappa shape index (κ2) is 9.01. The van der Waals surface area contributed by atoms with Crippen molar-refractivity contribution in [2.24, 2.45) is 0 Å². The third-order valence-electron chi connectivity index (χ3n) is 5.05. The van der Waals surface area contributed by atoms with Gasteiger partial charge in [0.1, 0.15) is 16.6 Å². The number of nitrogens with one attached hydrogen (secondary N) is 1. The predicted molar refractivity (Wildman–Crippen MR) is 104 cm³/mol. The van der Waals surface area contributed by atoms with E-state index in [0.29, 0.717) is 56.9 Å². The lowest BCUT2D eigenvalue weighted by Gasteiger charge is -2.31. The summed E-state index contributed by atoms with van der Waals surface area (Å²) in [5, 5.41) is 13.0. The Morgan fingerprint density at radius 2 is 2.04 bits per heavy atom. The summed E-state index contributed by atoms with van der Waals surface area (Å²) in [6.07, 6.45) is 1.51. The van der Waals surface area contributed by atoms with E-state index in [1.54, 1.807) is 16.7 Å². The number of nitriles is 1. The largest absolute Gasteiger partial charge is 0.358 e. The van der Waals surface area contributed by atoms with E-state index < -0.39 is 0 Å². The van der Waals surface area contributed by atoms with Crippen LogP contribution in [0, 0.1) is 18.3 Å². The molecule has 9 nitrogen and oxygen atoms in total. The van der Waals surface area contributed by atoms with E-state index in [1.807, 2.05) is 4.90 Å². The molecule has 0 bridgehead atoms. The fraction of sp³-hybridized carbons (Fsp3) is 0.611. The molecule has 10 heteroatoms. The first kappa shape index (κ1) is 20.1. The minimum atomic E-state index is -0.149. The van der Waals surface area contributed by atoms with Crippen LogP contribution in [0.2, 0.25) is 0 Å². The van der Waals surface area contributed by atoms with Crippen molar-refractivity contribution in [3.8, 4) is 6.07 Å². The van der Waals surface area contributed by atoms with Crippen molar-refractivity contribution < 1.29 is 14.4 Å². The minimum absolute atomic E-state index is 0.00702. The molecule has 0 aromatic carbocycles. The summed E-state index contributed by atoms with van der Waals surface area (Å²) in [4.78, 5) is 41.8. The van der Waals surface area contributed by atoms with Gasteiger partial charge < -0.3 is 20.0 Å². The van der Waals surface area contributed by atoms with Gasteiger partial charge in [-0.3, -0.25) is 14.4 Å². The number of carbonyl (C=O) groups is 3. The van der Waals surface area contributed by atoms with E-state index in [9.17, 15) is 19.6 Å². The van der Waals surface area contributed by atoms with Crippen LogP contribution in [0.3, 0.4) is 0 Å². The van der Waals surface area contributed by atoms with E-state index in [1.165, 1.54) is 11.5 Å². The maximum atomic E-state index is 12.8. The Hall–Kier alpha value is -2.67. The van der Waals surface area contributed by atoms with Crippen molar-refractivity contribution in [1.29, 1.82) is 5.26 Å². The number of hydrogen-bond donors (Lipinski definition) is 1. The van der Waals surface area contributed by atoms with Gasteiger partial charge in [-0.25, -0.2) is 0 Å². The van der Waals surface area contributed by atoms with Crippen LogP contribution in [0.4, 0.5) is 5.00 Å². The lowest BCUT2D eigenvalue weighted by molar-refractivity contribution is -0.138. The minimum Gasteiger partial charge on any atom is -0.358 e. The molecule has 0 saturated carbocycles. The molecule has 2 aliphatic heterocycles. The second-order valence-corrected chi connectivity index (χ2v) is 7.70. The molecule has 0 unspecified atom stereocenters. The number of likely N-dealkylation sites (tertiary alicyclic amines) is 1. The average Bonchev–Trinajstić information content (AvgIpc) is 3.25. The Morgan fingerprint density at radius 1 is 1.21 bits per heavy atom. The highest BCUT2D eigenvalue weighted by Gasteiger charge is 2.26. The van der Waals surface area contributed by atoms with Crippen molar-refractivity contribution in [2.45, 2.75) is 26.2 Å². The first-order valence-electron chi connectivity index (χ1n) is 9.43. The summed E-state index contributed by atoms with van der Waals surface area (Å²) in [5.74, 6) is -0.255. The number of anilines is 1. The standard InChI is InChI=1S/C18H24N6O3S/c1-13-14(11-19)18(28-21-13)23-8-5-20-15(25)4-7-22(9-10-23)17(27)12-24-6-2-3-16(24)26/h2-10,12H2,1H3,(H,20,25). The normalized spacial score (nSPS) is 18.8. The Balaban J connectivity index is 1.73. The van der Waals surface area contributed by atoms with Gasteiger partial charge in [-0.2, -0.15) is 9.64 Å². The molecule has 0 spiro atoms. The van der Waals surface area contributed by atoms with Crippen molar-refractivity contribution in [3.63, 3.8) is 0 Å². The molecule has 2 saturated heterocycles. The van der Waals surface area contributed by atoms with Gasteiger partial charge in [-0.15, -0.1) is 0 Å². The summed E-state index contributed by atoms with van der Waals surface area (Å²) >= 11 is 1.26. The molecule has 28 heavy (non-hydrogen) atoms. The summed E-state index contributed by atoms with van der Waals surface area (Å²) in [7, 11) is 0. The molecule has 0 atom stereocenters. The van der Waals surface area contributed by atoms with Gasteiger partial charge in [0.15, 0.2) is 0 Å². The zero-order valence-corrected chi connectivity index (χ0v) is 16.8. The molecule has 3 rings (SSSR count). The fourth-order valence-electron chi connectivity index (χ4n) is 3.41. The quantitative estimate of drug-likeness (QED) is 0.765. The summed E-state index contributed by atoms with van der Waals surface area (Å²) in [6.45, 7) is 4.74. The molecule has 1 aromatic heterocycles. The molecule has 3 amide bonds. The molecular formula is C18H24N6O3S. The zero-order chi connectivity index (χ0) is 20.1. The lowest BCUT2D eigenvalue weighted by Crippen LogP contribution is -2.47. The van der Waals surface area contributed by atoms with Crippen molar-refractivity contribution in [1.82, 2.24) is 19.5 Å². The number of aromatic nitrogens is 1. The summed E-state index contributed by atoms with van der Waals surface area (Å²) in [5.41, 5.74) is 1.22. The Kier molecular flexibility index (Phi) is 6.46. The lowest BCUT2D eigenvalue weighted by atomic mass is 10.2. The van der Waals surface area contributed by atoms with Crippen LogP contribution in [0.15, 0.2) is 0 Å². The number of amides is 3. The molecular weight excluding hydrogens is 380 g/mol. The van der Waals surface area contributed by atoms with Gasteiger partial charge in [0.2, 0.25) is 17.7 Å². The van der Waals surface area contributed by atoms with Crippen LogP contribution in [0.1, 0.15) is 30.5 Å². The molecule has 1 aromatic rings. The molecule has 0 aliphatic carbocycles. The maximum Gasteiger partial charge on any atom is 0.242 e. The Morgan fingerprint density at radius 3 is 2.75 bits per heavy atom. The first-order valence-corrected chi connectivity index (χ1v) is 10.2. The van der Waals surface area contributed by atoms with Crippen LogP contribution < -0.4 is 10.2 Å². The molecule has 1 N–H and O–H groups in total. The van der Waals surface area contributed by atoms with Gasteiger partial charge in [-0.1, -0.05) is 0 Å². The third kappa shape index (κ3) is 4.59. The topological polar surface area (TPSA) is 110 Å². The Labute approximate surface area is 168 Å². The monoisotopic (exact) mass is 404 g/mol. The zero-order valence-electron chi connectivity index (χ0n) is 15.9. The van der Waals surface area contributed by atoms with Crippen molar-refractivity contribution in [3.05, 3.63) is 11.3 Å². The van der Waals surface area contributed by atoms with Gasteiger partial charge in [-0.05, 0) is 24.9 Å². The molecule has 2 aliphatic rings. The van der Waals surface area contributed by atoms with Crippen LogP contribution in [-0.4, -0.2) is 77.7 Å². The van der Waals surface area contributed by atoms with Crippen molar-refractivity contribution >= 4 is 34.3 Å². The SMILES string of the molecule is Cc1nsc(N2CCNC(=O)CCN(C(=O)CN3CCCC3=O)CC2)c1C#N. The van der Waals surface area contributed by atoms with E-state index in [4.69, 9.17) is 0 Å². The van der Waals surface area contributed by atoms with Crippen LogP contribution in [-0.2, 0) is 14.4 Å². The number of hydrogen-bond acceptors (Lipinski definition) is 7. The van der Waals surface area contributed by atoms with Crippen LogP contribution in [0.5, 0.6) is 0 Å². The van der Waals surface area contributed by atoms with E-state index in [-0.39, 0.29) is 30.7 Å². The second-order valence-electron chi connectivity index (χ2n) is 6.95. The van der Waals surface area contributed by atoms with E-state index in [0.717, 1.165) is 11.4 Å². The first-order chi connectivity index (χ1) is 13.5. The molecule has 3 heterocycles. The number of aryl methyl sites for hydroxylation is 1. The summed E-state index contributed by atoms with van der Waals surface area (Å²) in [6, 6.07) is 2.20. The smallest absolute Gasteiger partial charge is 0.242 e. The van der Waals surface area contributed by atoms with E-state index >= 15 is 0 Å². The molecule has 150 valence electrons. The Bertz CT molecular complexity index is 802. The van der Waals surface area contributed by atoms with E-state index in [2.05, 4.69) is 15.8 Å². The number of carbonyl (C=O) groups excluding carboxylic acids is 3. The van der Waals surface area contributed by atoms with Crippen LogP contribution in [0.25, 0.3) is 0 Å². The highest BCUT2D eigenvalue weighted by Crippen LogP contribution is 2.27. The highest BCUT2D eigenvalue weighted by molar-refractivity contribution is 7.10. The highest BCUT2D eigenvalue weighted by atomic mass is 32.1. The third-order valence-corrected chi connectivity index (χ3v) is 6.05. The van der Waals surface area contributed by atoms with Crippen molar-refractivity contribution in [2.75, 3.05) is 50.7 Å². The van der Waals surface area contributed by atoms with Gasteiger partial charge in [0.25, 0.3) is 0 Å². The summed E-state index contributed by atoms with van der Waals surface area (Å²) < 4.78 is 4.27. The predicted octanol–water partition coefficient (Wildman–Crippen LogP) is 0.101. The fourth-order valence-corrected chi connectivity index (χ4v) is 4.31. The van der Waals surface area contributed by atoms with Gasteiger partial charge in [0.05, 0.1) is 12.2 Å². The number of nitrogens with zero attached hydrogens (tertiary/aromatic N) is 5. The number of rotatable bonds is 3. The van der Waals surface area contributed by atoms with Gasteiger partial charge in [0, 0.05) is 52.1 Å². The molecule has 0 radical (unpaired) electrons. The maximum absolute atomic E-state index is 12.8. The average molecular weight is 404 g/mol. The van der Waals surface area contributed by atoms with Crippen LogP contribution >= 0.6 is 11.5 Å². The van der Waals surface area contributed by atoms with Gasteiger partial charge >= 0.3 is 0 Å².